The molecule has 0 aliphatic heterocycles. The predicted octanol–water partition coefficient (Wildman–Crippen LogP) is 5.77. The lowest BCUT2D eigenvalue weighted by Crippen LogP contribution is -2.36. The quantitative estimate of drug-likeness (QED) is 0.725. The molecule has 1 N–H and O–H groups in total. The Kier molecular flexibility index (Phi) is 5.82. The number of carbonyl (C=O) groups excluding carboxylic acids is 1. The highest BCUT2D eigenvalue weighted by molar-refractivity contribution is 6.33. The van der Waals surface area contributed by atoms with E-state index in [1.807, 2.05) is 30.5 Å². The molecule has 0 radical (unpaired) electrons. The molecule has 1 amide bonds. The number of aromatic nitrogens is 2. The highest BCUT2D eigenvalue weighted by Gasteiger charge is 2.25. The second kappa shape index (κ2) is 8.47. The van der Waals surface area contributed by atoms with Crippen LogP contribution in [-0.2, 0) is 0 Å². The van der Waals surface area contributed by atoms with Crippen LogP contribution in [0.5, 0.6) is 0 Å². The van der Waals surface area contributed by atoms with Crippen LogP contribution in [-0.4, -0.2) is 21.5 Å². The van der Waals surface area contributed by atoms with E-state index in [9.17, 15) is 4.79 Å². The van der Waals surface area contributed by atoms with Gasteiger partial charge in [-0.15, -0.1) is 0 Å². The first-order valence-corrected chi connectivity index (χ1v) is 10.7. The summed E-state index contributed by atoms with van der Waals surface area (Å²) >= 11 is 6.46. The Labute approximate surface area is 166 Å². The summed E-state index contributed by atoms with van der Waals surface area (Å²) < 4.78 is 2.20. The molecule has 1 aromatic heterocycles. The van der Waals surface area contributed by atoms with E-state index >= 15 is 0 Å². The fourth-order valence-corrected chi connectivity index (χ4v) is 4.71. The summed E-state index contributed by atoms with van der Waals surface area (Å²) in [6, 6.07) is 8.47. The molecule has 2 saturated carbocycles. The Morgan fingerprint density at radius 2 is 1.67 bits per heavy atom. The Bertz CT molecular complexity index is 789. The van der Waals surface area contributed by atoms with Gasteiger partial charge in [0.1, 0.15) is 11.5 Å². The number of hydrogen-bond donors (Lipinski definition) is 1. The number of nitrogens with one attached hydrogen (secondary N) is 1. The third-order valence-electron chi connectivity index (χ3n) is 5.99. The summed E-state index contributed by atoms with van der Waals surface area (Å²) in [5.41, 5.74) is 1.42. The fraction of sp³-hybridized carbons (Fsp3) is 0.545. The first-order valence-electron chi connectivity index (χ1n) is 10.4. The van der Waals surface area contributed by atoms with Crippen molar-refractivity contribution < 1.29 is 4.79 Å². The molecule has 0 bridgehead atoms. The van der Waals surface area contributed by atoms with E-state index in [1.165, 1.54) is 38.5 Å². The minimum absolute atomic E-state index is 0.0511. The predicted molar refractivity (Wildman–Crippen MR) is 109 cm³/mol. The topological polar surface area (TPSA) is 46.9 Å². The number of nitrogens with zero attached hydrogens (tertiary/aromatic N) is 2. The van der Waals surface area contributed by atoms with Crippen molar-refractivity contribution in [2.24, 2.45) is 0 Å². The highest BCUT2D eigenvalue weighted by Crippen LogP contribution is 2.35. The Morgan fingerprint density at radius 3 is 2.37 bits per heavy atom. The standard InChI is InChI=1S/C22H28ClN3O/c23-19-14-8-7-13-18(19)21-25-20(15-26(21)17-11-5-2-6-12-17)22(27)24-16-9-3-1-4-10-16/h7-8,13-17H,1-6,9-12H2,(H,24,27). The summed E-state index contributed by atoms with van der Waals surface area (Å²) in [5, 5.41) is 3.88. The van der Waals surface area contributed by atoms with Crippen molar-refractivity contribution in [3.05, 3.63) is 41.2 Å². The van der Waals surface area contributed by atoms with Crippen LogP contribution in [0.15, 0.2) is 30.5 Å². The van der Waals surface area contributed by atoms with Crippen LogP contribution in [0.25, 0.3) is 11.4 Å². The zero-order valence-corrected chi connectivity index (χ0v) is 16.5. The molecule has 1 heterocycles. The molecule has 0 unspecified atom stereocenters. The van der Waals surface area contributed by atoms with Crippen LogP contribution in [0.2, 0.25) is 5.02 Å². The van der Waals surface area contributed by atoms with Crippen molar-refractivity contribution in [3.8, 4) is 11.4 Å². The van der Waals surface area contributed by atoms with Crippen molar-refractivity contribution in [1.82, 2.24) is 14.9 Å². The molecule has 0 spiro atoms. The largest absolute Gasteiger partial charge is 0.348 e. The lowest BCUT2D eigenvalue weighted by molar-refractivity contribution is 0.0923. The van der Waals surface area contributed by atoms with Crippen LogP contribution in [0.1, 0.15) is 80.7 Å². The average molecular weight is 386 g/mol. The number of benzene rings is 1. The normalized spacial score (nSPS) is 19.1. The lowest BCUT2D eigenvalue weighted by atomic mass is 9.95. The molecule has 4 nitrogen and oxygen atoms in total. The van der Waals surface area contributed by atoms with Gasteiger partial charge in [0, 0.05) is 23.8 Å². The van der Waals surface area contributed by atoms with Gasteiger partial charge < -0.3 is 9.88 Å². The minimum Gasteiger partial charge on any atom is -0.348 e. The van der Waals surface area contributed by atoms with E-state index in [0.717, 1.165) is 37.1 Å². The number of halogens is 1. The van der Waals surface area contributed by atoms with Gasteiger partial charge >= 0.3 is 0 Å². The van der Waals surface area contributed by atoms with Crippen molar-refractivity contribution in [1.29, 1.82) is 0 Å². The van der Waals surface area contributed by atoms with Crippen LogP contribution in [0.3, 0.4) is 0 Å². The molecule has 4 rings (SSSR count). The van der Waals surface area contributed by atoms with Crippen molar-refractivity contribution in [2.45, 2.75) is 76.3 Å². The lowest BCUT2D eigenvalue weighted by Gasteiger charge is -2.25. The monoisotopic (exact) mass is 385 g/mol. The van der Waals surface area contributed by atoms with Gasteiger partial charge in [-0.25, -0.2) is 4.98 Å². The molecule has 5 heteroatoms. The summed E-state index contributed by atoms with van der Waals surface area (Å²) in [5.74, 6) is 0.769. The van der Waals surface area contributed by atoms with Gasteiger partial charge in [-0.2, -0.15) is 0 Å². The highest BCUT2D eigenvalue weighted by atomic mass is 35.5. The van der Waals surface area contributed by atoms with Crippen molar-refractivity contribution >= 4 is 17.5 Å². The maximum Gasteiger partial charge on any atom is 0.271 e. The molecule has 2 aliphatic carbocycles. The Morgan fingerprint density at radius 1 is 1.00 bits per heavy atom. The van der Waals surface area contributed by atoms with Crippen LogP contribution < -0.4 is 5.32 Å². The average Bonchev–Trinajstić information content (AvgIpc) is 3.15. The fourth-order valence-electron chi connectivity index (χ4n) is 4.49. The molecular weight excluding hydrogens is 358 g/mol. The van der Waals surface area contributed by atoms with E-state index in [2.05, 4.69) is 9.88 Å². The van der Waals surface area contributed by atoms with Crippen molar-refractivity contribution in [3.63, 3.8) is 0 Å². The first kappa shape index (κ1) is 18.5. The second-order valence-electron chi connectivity index (χ2n) is 7.94. The van der Waals surface area contributed by atoms with E-state index in [4.69, 9.17) is 16.6 Å². The van der Waals surface area contributed by atoms with Gasteiger partial charge in [-0.1, -0.05) is 62.3 Å². The molecule has 2 aliphatic rings. The van der Waals surface area contributed by atoms with Gasteiger partial charge in [-0.05, 0) is 37.8 Å². The Hall–Kier alpha value is -1.81. The molecule has 2 aromatic rings. The summed E-state index contributed by atoms with van der Waals surface area (Å²) in [6.07, 6.45) is 13.8. The number of amides is 1. The van der Waals surface area contributed by atoms with E-state index in [1.54, 1.807) is 0 Å². The zero-order valence-electron chi connectivity index (χ0n) is 15.8. The van der Waals surface area contributed by atoms with E-state index in [-0.39, 0.29) is 11.9 Å². The maximum atomic E-state index is 12.9. The number of rotatable bonds is 4. The minimum atomic E-state index is -0.0511. The van der Waals surface area contributed by atoms with Gasteiger partial charge in [0.15, 0.2) is 0 Å². The summed E-state index contributed by atoms with van der Waals surface area (Å²) in [6.45, 7) is 0. The first-order chi connectivity index (χ1) is 13.2. The molecule has 1 aromatic carbocycles. The molecule has 0 atom stereocenters. The van der Waals surface area contributed by atoms with Crippen LogP contribution >= 0.6 is 11.6 Å². The number of hydrogen-bond acceptors (Lipinski definition) is 2. The van der Waals surface area contributed by atoms with Crippen LogP contribution in [0, 0.1) is 0 Å². The van der Waals surface area contributed by atoms with Gasteiger partial charge in [0.25, 0.3) is 5.91 Å². The van der Waals surface area contributed by atoms with Gasteiger partial charge in [0.2, 0.25) is 0 Å². The summed E-state index contributed by atoms with van der Waals surface area (Å²) in [7, 11) is 0. The number of imidazole rings is 1. The third-order valence-corrected chi connectivity index (χ3v) is 6.32. The summed E-state index contributed by atoms with van der Waals surface area (Å²) in [4.78, 5) is 17.6. The SMILES string of the molecule is O=C(NC1CCCCC1)c1cn(C2CCCCC2)c(-c2ccccc2Cl)n1. The molecule has 2 fully saturated rings. The molecule has 27 heavy (non-hydrogen) atoms. The van der Waals surface area contributed by atoms with E-state index < -0.39 is 0 Å². The van der Waals surface area contributed by atoms with Gasteiger partial charge in [0.05, 0.1) is 5.02 Å². The van der Waals surface area contributed by atoms with Gasteiger partial charge in [-0.3, -0.25) is 4.79 Å². The molecular formula is C22H28ClN3O. The second-order valence-corrected chi connectivity index (χ2v) is 8.34. The third kappa shape index (κ3) is 4.21. The zero-order chi connectivity index (χ0) is 18.6. The Balaban J connectivity index is 1.64. The molecule has 0 saturated heterocycles. The maximum absolute atomic E-state index is 12.9. The molecule has 144 valence electrons. The smallest absolute Gasteiger partial charge is 0.271 e. The van der Waals surface area contributed by atoms with Crippen molar-refractivity contribution in [2.75, 3.05) is 0 Å². The van der Waals surface area contributed by atoms with E-state index in [0.29, 0.717) is 16.8 Å². The number of carbonyl (C=O) groups is 1. The van der Waals surface area contributed by atoms with Crippen LogP contribution in [0.4, 0.5) is 0 Å².